The lowest BCUT2D eigenvalue weighted by atomic mass is 10.2. The minimum atomic E-state index is 0.607. The van der Waals surface area contributed by atoms with Gasteiger partial charge in [-0.15, -0.1) is 0 Å². The van der Waals surface area contributed by atoms with Gasteiger partial charge in [-0.1, -0.05) is 27.5 Å². The van der Waals surface area contributed by atoms with E-state index in [1.165, 1.54) is 0 Å². The quantitative estimate of drug-likeness (QED) is 0.871. The van der Waals surface area contributed by atoms with E-state index in [2.05, 4.69) is 27.3 Å². The Morgan fingerprint density at radius 2 is 1.76 bits per heavy atom. The molecular weight excluding hydrogens is 300 g/mol. The van der Waals surface area contributed by atoms with Gasteiger partial charge in [0.05, 0.1) is 11.6 Å². The van der Waals surface area contributed by atoms with E-state index in [1.807, 2.05) is 30.3 Å². The fraction of sp³-hybridized carbons (Fsp3) is 0. The van der Waals surface area contributed by atoms with Crippen LogP contribution in [0.4, 0.5) is 11.4 Å². The standard InChI is InChI=1S/C13H8BrClN2/c14-10-5-9(8-16)6-13(7-10)17-12-3-1-11(15)2-4-12/h1-7,17H. The number of halogens is 2. The minimum absolute atomic E-state index is 0.607. The average Bonchev–Trinajstić information content (AvgIpc) is 2.31. The molecule has 1 N–H and O–H groups in total. The number of anilines is 2. The van der Waals surface area contributed by atoms with Crippen LogP contribution in [0.25, 0.3) is 0 Å². The van der Waals surface area contributed by atoms with Gasteiger partial charge in [0.25, 0.3) is 0 Å². The van der Waals surface area contributed by atoms with E-state index < -0.39 is 0 Å². The van der Waals surface area contributed by atoms with Crippen molar-refractivity contribution in [1.82, 2.24) is 0 Å². The lowest BCUT2D eigenvalue weighted by Crippen LogP contribution is -1.90. The molecule has 0 heterocycles. The fourth-order valence-electron chi connectivity index (χ4n) is 1.43. The Bertz CT molecular complexity index is 573. The number of hydrogen-bond donors (Lipinski definition) is 1. The van der Waals surface area contributed by atoms with Gasteiger partial charge in [0, 0.05) is 20.9 Å². The zero-order valence-electron chi connectivity index (χ0n) is 8.74. The Kier molecular flexibility index (Phi) is 3.68. The molecule has 2 aromatic rings. The first kappa shape index (κ1) is 12.0. The van der Waals surface area contributed by atoms with E-state index in [0.717, 1.165) is 15.8 Å². The summed E-state index contributed by atoms with van der Waals surface area (Å²) in [6, 6.07) is 15.0. The van der Waals surface area contributed by atoms with Crippen LogP contribution in [0.2, 0.25) is 5.02 Å². The SMILES string of the molecule is N#Cc1cc(Br)cc(Nc2ccc(Cl)cc2)c1. The van der Waals surface area contributed by atoms with Gasteiger partial charge < -0.3 is 5.32 Å². The Morgan fingerprint density at radius 1 is 1.06 bits per heavy atom. The molecule has 0 bridgehead atoms. The maximum absolute atomic E-state index is 8.87. The molecule has 0 amide bonds. The van der Waals surface area contributed by atoms with Gasteiger partial charge in [0.15, 0.2) is 0 Å². The molecule has 0 unspecified atom stereocenters. The van der Waals surface area contributed by atoms with Crippen LogP contribution in [-0.2, 0) is 0 Å². The van der Waals surface area contributed by atoms with Crippen molar-refractivity contribution in [3.05, 3.63) is 57.5 Å². The van der Waals surface area contributed by atoms with Crippen LogP contribution in [0.5, 0.6) is 0 Å². The lowest BCUT2D eigenvalue weighted by molar-refractivity contribution is 1.46. The van der Waals surface area contributed by atoms with Gasteiger partial charge in [0.2, 0.25) is 0 Å². The molecule has 17 heavy (non-hydrogen) atoms. The third-order valence-electron chi connectivity index (χ3n) is 2.16. The third-order valence-corrected chi connectivity index (χ3v) is 2.87. The normalized spacial score (nSPS) is 9.71. The van der Waals surface area contributed by atoms with Gasteiger partial charge in [0.1, 0.15) is 0 Å². The van der Waals surface area contributed by atoms with Gasteiger partial charge in [-0.2, -0.15) is 5.26 Å². The van der Waals surface area contributed by atoms with Gasteiger partial charge in [-0.05, 0) is 42.5 Å². The molecular formula is C13H8BrClN2. The largest absolute Gasteiger partial charge is 0.355 e. The highest BCUT2D eigenvalue weighted by atomic mass is 79.9. The molecule has 0 radical (unpaired) electrons. The summed E-state index contributed by atoms with van der Waals surface area (Å²) >= 11 is 9.18. The van der Waals surface area contributed by atoms with Crippen molar-refractivity contribution in [1.29, 1.82) is 5.26 Å². The topological polar surface area (TPSA) is 35.8 Å². The highest BCUT2D eigenvalue weighted by Gasteiger charge is 1.99. The van der Waals surface area contributed by atoms with Crippen LogP contribution in [0, 0.1) is 11.3 Å². The minimum Gasteiger partial charge on any atom is -0.355 e. The summed E-state index contributed by atoms with van der Waals surface area (Å²) in [6.07, 6.45) is 0. The van der Waals surface area contributed by atoms with Crippen molar-refractivity contribution in [2.45, 2.75) is 0 Å². The number of nitrogens with zero attached hydrogens (tertiary/aromatic N) is 1. The summed E-state index contributed by atoms with van der Waals surface area (Å²) in [4.78, 5) is 0. The summed E-state index contributed by atoms with van der Waals surface area (Å²) < 4.78 is 0.869. The molecule has 2 aromatic carbocycles. The molecule has 0 aromatic heterocycles. The van der Waals surface area contributed by atoms with Crippen molar-refractivity contribution < 1.29 is 0 Å². The molecule has 4 heteroatoms. The lowest BCUT2D eigenvalue weighted by Gasteiger charge is -2.07. The summed E-state index contributed by atoms with van der Waals surface area (Å²) in [7, 11) is 0. The van der Waals surface area contributed by atoms with Crippen LogP contribution in [0.1, 0.15) is 5.56 Å². The molecule has 0 aliphatic rings. The highest BCUT2D eigenvalue weighted by Crippen LogP contribution is 2.23. The second kappa shape index (κ2) is 5.22. The number of hydrogen-bond acceptors (Lipinski definition) is 2. The predicted molar refractivity (Wildman–Crippen MR) is 73.6 cm³/mol. The second-order valence-corrected chi connectivity index (χ2v) is 4.82. The molecule has 0 saturated carbocycles. The van der Waals surface area contributed by atoms with Crippen LogP contribution in [-0.4, -0.2) is 0 Å². The van der Waals surface area contributed by atoms with Gasteiger partial charge >= 0.3 is 0 Å². The molecule has 2 rings (SSSR count). The fourth-order valence-corrected chi connectivity index (χ4v) is 2.05. The zero-order chi connectivity index (χ0) is 12.3. The predicted octanol–water partition coefficient (Wildman–Crippen LogP) is 4.72. The summed E-state index contributed by atoms with van der Waals surface area (Å²) in [5.74, 6) is 0. The first-order chi connectivity index (χ1) is 8.17. The summed E-state index contributed by atoms with van der Waals surface area (Å²) in [5, 5.41) is 12.8. The van der Waals surface area contributed by atoms with Gasteiger partial charge in [-0.25, -0.2) is 0 Å². The van der Waals surface area contributed by atoms with Crippen molar-refractivity contribution in [2.24, 2.45) is 0 Å². The molecule has 0 spiro atoms. The van der Waals surface area contributed by atoms with E-state index in [-0.39, 0.29) is 0 Å². The Labute approximate surface area is 113 Å². The molecule has 0 fully saturated rings. The molecule has 2 nitrogen and oxygen atoms in total. The molecule has 0 atom stereocenters. The molecule has 0 aliphatic heterocycles. The smallest absolute Gasteiger partial charge is 0.0992 e. The van der Waals surface area contributed by atoms with E-state index in [0.29, 0.717) is 10.6 Å². The number of nitriles is 1. The van der Waals surface area contributed by atoms with Crippen LogP contribution < -0.4 is 5.32 Å². The van der Waals surface area contributed by atoms with E-state index in [1.54, 1.807) is 12.1 Å². The van der Waals surface area contributed by atoms with Gasteiger partial charge in [-0.3, -0.25) is 0 Å². The first-order valence-corrected chi connectivity index (χ1v) is 6.08. The Morgan fingerprint density at radius 3 is 2.41 bits per heavy atom. The zero-order valence-corrected chi connectivity index (χ0v) is 11.1. The Hall–Kier alpha value is -1.50. The van der Waals surface area contributed by atoms with Crippen molar-refractivity contribution in [3.8, 4) is 6.07 Å². The molecule has 0 saturated heterocycles. The monoisotopic (exact) mass is 306 g/mol. The van der Waals surface area contributed by atoms with E-state index in [9.17, 15) is 0 Å². The maximum atomic E-state index is 8.87. The van der Waals surface area contributed by atoms with Crippen molar-refractivity contribution in [2.75, 3.05) is 5.32 Å². The highest BCUT2D eigenvalue weighted by molar-refractivity contribution is 9.10. The van der Waals surface area contributed by atoms with Crippen molar-refractivity contribution in [3.63, 3.8) is 0 Å². The maximum Gasteiger partial charge on any atom is 0.0992 e. The number of nitrogens with one attached hydrogen (secondary N) is 1. The Balaban J connectivity index is 2.27. The second-order valence-electron chi connectivity index (χ2n) is 3.47. The van der Waals surface area contributed by atoms with Crippen LogP contribution in [0.15, 0.2) is 46.9 Å². The van der Waals surface area contributed by atoms with E-state index >= 15 is 0 Å². The molecule has 84 valence electrons. The van der Waals surface area contributed by atoms with Crippen LogP contribution >= 0.6 is 27.5 Å². The molecule has 0 aliphatic carbocycles. The average molecular weight is 308 g/mol. The first-order valence-electron chi connectivity index (χ1n) is 4.90. The van der Waals surface area contributed by atoms with Crippen LogP contribution in [0.3, 0.4) is 0 Å². The summed E-state index contributed by atoms with van der Waals surface area (Å²) in [5.41, 5.74) is 2.39. The van der Waals surface area contributed by atoms with E-state index in [4.69, 9.17) is 16.9 Å². The van der Waals surface area contributed by atoms with Crippen molar-refractivity contribution >= 4 is 38.9 Å². The number of benzene rings is 2. The number of rotatable bonds is 2. The third kappa shape index (κ3) is 3.23. The summed E-state index contributed by atoms with van der Waals surface area (Å²) in [6.45, 7) is 0.